The van der Waals surface area contributed by atoms with Crippen molar-refractivity contribution >= 4 is 19.8 Å². The van der Waals surface area contributed by atoms with E-state index in [-0.39, 0.29) is 44.2 Å². The van der Waals surface area contributed by atoms with E-state index in [1.807, 2.05) is 21.1 Å². The Morgan fingerprint density at radius 2 is 1.10 bits per heavy atom. The van der Waals surface area contributed by atoms with Gasteiger partial charge in [-0.1, -0.05) is 179 Å². The third-order valence-corrected chi connectivity index (χ3v) is 12.1. The summed E-state index contributed by atoms with van der Waals surface area (Å²) in [6.07, 6.45) is 46.4. The summed E-state index contributed by atoms with van der Waals surface area (Å²) in [4.78, 5) is 35.6. The van der Waals surface area contributed by atoms with E-state index in [2.05, 4.69) is 50.3 Å². The predicted octanol–water partition coefficient (Wildman–Crippen LogP) is 13.5. The van der Waals surface area contributed by atoms with E-state index in [1.54, 1.807) is 0 Å². The molecule has 1 heterocycles. The number of phosphoric acid groups is 1. The Balaban J connectivity index is 2.27. The molecule has 0 saturated carbocycles. The van der Waals surface area contributed by atoms with Crippen molar-refractivity contribution in [1.29, 1.82) is 0 Å². The lowest BCUT2D eigenvalue weighted by molar-refractivity contribution is -0.870. The quantitative estimate of drug-likeness (QED) is 0.0159. The number of quaternary nitrogens is 1. The molecule has 0 aromatic heterocycles. The maximum Gasteiger partial charge on any atom is 0.472 e. The fraction of sp³-hybridized carbons (Fsp3) is 0.840. The van der Waals surface area contributed by atoms with Crippen LogP contribution in [0.2, 0.25) is 0 Å². The monoisotopic (exact) mass is 883 g/mol. The lowest BCUT2D eigenvalue weighted by Gasteiger charge is -2.24. The Morgan fingerprint density at radius 3 is 1.66 bits per heavy atom. The summed E-state index contributed by atoms with van der Waals surface area (Å²) in [7, 11) is 1.43. The van der Waals surface area contributed by atoms with Gasteiger partial charge in [-0.2, -0.15) is 0 Å². The Hall–Kier alpha value is -1.81. The van der Waals surface area contributed by atoms with Crippen molar-refractivity contribution < 1.29 is 46.8 Å². The van der Waals surface area contributed by atoms with Crippen LogP contribution in [0, 0.1) is 0 Å². The second-order valence-corrected chi connectivity index (χ2v) is 19.7. The molecule has 1 saturated heterocycles. The summed E-state index contributed by atoms with van der Waals surface area (Å²) in [5, 5.41) is 0. The smallest absolute Gasteiger partial charge is 0.462 e. The molecule has 0 bridgehead atoms. The summed E-state index contributed by atoms with van der Waals surface area (Å²) >= 11 is 0. The summed E-state index contributed by atoms with van der Waals surface area (Å²) in [6.45, 7) is 4.33. The van der Waals surface area contributed by atoms with Crippen LogP contribution >= 0.6 is 7.82 Å². The van der Waals surface area contributed by atoms with E-state index in [4.69, 9.17) is 23.3 Å². The minimum atomic E-state index is -4.40. The summed E-state index contributed by atoms with van der Waals surface area (Å²) < 4.78 is 40.2. The number of phosphoric ester groups is 1. The standard InChI is InChI=1S/C50H92NO9P/c1-6-8-10-12-14-16-18-20-21-22-23-24-25-26-28-30-32-34-36-40-49(52)56-44-46(45-58-61(54,55)57-43-42-51(3,4)5)59-50(53)41-37-39-48-47(60-48)38-35-33-31-29-27-19-17-15-13-11-9-7-2/h15,17,27,29,33,35,46-48H,6-14,16,18-26,28,30-32,34,36-45H2,1-5H3/p+1/b17-15-,29-27-,35-33-/t46-,47?,48?/m1/s1. The molecule has 1 N–H and O–H groups in total. The zero-order chi connectivity index (χ0) is 44.7. The maximum absolute atomic E-state index is 12.8. The SMILES string of the molecule is CCCCC/C=C\C/C=C\C/C=C\CC1OC1CCCC(=O)O[C@H](COC(=O)CCCCCCCCCCCCCCCCCCCCC)COP(=O)(O)OCC[N+](C)(C)C. The molecule has 11 heteroatoms. The summed E-state index contributed by atoms with van der Waals surface area (Å²) in [5.41, 5.74) is 0. The molecule has 3 unspecified atom stereocenters. The van der Waals surface area contributed by atoms with E-state index in [0.29, 0.717) is 17.4 Å². The fourth-order valence-corrected chi connectivity index (χ4v) is 7.84. The van der Waals surface area contributed by atoms with Gasteiger partial charge in [-0.25, -0.2) is 4.57 Å². The highest BCUT2D eigenvalue weighted by atomic mass is 31.2. The molecule has 61 heavy (non-hydrogen) atoms. The topological polar surface area (TPSA) is 121 Å². The van der Waals surface area contributed by atoms with Crippen LogP contribution < -0.4 is 0 Å². The van der Waals surface area contributed by atoms with Crippen molar-refractivity contribution in [3.63, 3.8) is 0 Å². The molecule has 0 aromatic rings. The van der Waals surface area contributed by atoms with Gasteiger partial charge in [-0.3, -0.25) is 18.6 Å². The molecule has 0 aromatic carbocycles. The second-order valence-electron chi connectivity index (χ2n) is 18.2. The first-order valence-corrected chi connectivity index (χ1v) is 26.3. The number of allylic oxidation sites excluding steroid dienone is 5. The number of likely N-dealkylation sites (N-methyl/N-ethyl adjacent to an activating group) is 1. The average molecular weight is 883 g/mol. The van der Waals surface area contributed by atoms with E-state index < -0.39 is 26.5 Å². The number of hydrogen-bond donors (Lipinski definition) is 1. The summed E-state index contributed by atoms with van der Waals surface area (Å²) in [6, 6.07) is 0. The number of esters is 2. The van der Waals surface area contributed by atoms with Crippen LogP contribution in [0.3, 0.4) is 0 Å². The van der Waals surface area contributed by atoms with Crippen LogP contribution in [0.25, 0.3) is 0 Å². The lowest BCUT2D eigenvalue weighted by Crippen LogP contribution is -2.37. The van der Waals surface area contributed by atoms with Crippen molar-refractivity contribution in [3.05, 3.63) is 36.5 Å². The Kier molecular flexibility index (Phi) is 36.2. The van der Waals surface area contributed by atoms with Crippen LogP contribution in [0.5, 0.6) is 0 Å². The number of carbonyl (C=O) groups is 2. The van der Waals surface area contributed by atoms with Crippen LogP contribution in [0.15, 0.2) is 36.5 Å². The maximum atomic E-state index is 12.8. The van der Waals surface area contributed by atoms with Crippen LogP contribution in [-0.2, 0) is 37.4 Å². The van der Waals surface area contributed by atoms with E-state index in [0.717, 1.165) is 44.9 Å². The second kappa shape index (κ2) is 38.6. The fourth-order valence-electron chi connectivity index (χ4n) is 7.10. The molecular formula is C50H93NO9P+. The highest BCUT2D eigenvalue weighted by Crippen LogP contribution is 2.43. The first-order valence-electron chi connectivity index (χ1n) is 24.8. The molecule has 0 aliphatic carbocycles. The minimum absolute atomic E-state index is 0.0182. The third kappa shape index (κ3) is 39.5. The molecule has 0 radical (unpaired) electrons. The molecule has 10 nitrogen and oxygen atoms in total. The van der Waals surface area contributed by atoms with E-state index in [1.165, 1.54) is 128 Å². The molecule has 4 atom stereocenters. The van der Waals surface area contributed by atoms with Crippen molar-refractivity contribution in [2.45, 2.75) is 225 Å². The normalized spacial score (nSPS) is 17.1. The van der Waals surface area contributed by atoms with Gasteiger partial charge in [-0.15, -0.1) is 0 Å². The Bertz CT molecular complexity index is 1200. The first kappa shape index (κ1) is 57.2. The first-order chi connectivity index (χ1) is 29.5. The summed E-state index contributed by atoms with van der Waals surface area (Å²) in [5.74, 6) is -0.867. The third-order valence-electron chi connectivity index (χ3n) is 11.1. The van der Waals surface area contributed by atoms with Crippen molar-refractivity contribution in [3.8, 4) is 0 Å². The van der Waals surface area contributed by atoms with Crippen LogP contribution in [0.1, 0.15) is 206 Å². The molecular weight excluding hydrogens is 790 g/mol. The van der Waals surface area contributed by atoms with Gasteiger partial charge < -0.3 is 23.6 Å². The van der Waals surface area contributed by atoms with Gasteiger partial charge in [0.2, 0.25) is 0 Å². The molecule has 1 aliphatic rings. The number of rotatable bonds is 44. The predicted molar refractivity (Wildman–Crippen MR) is 251 cm³/mol. The van der Waals surface area contributed by atoms with Gasteiger partial charge in [0, 0.05) is 12.8 Å². The van der Waals surface area contributed by atoms with Crippen molar-refractivity contribution in [2.75, 3.05) is 47.5 Å². The molecule has 356 valence electrons. The number of carbonyl (C=O) groups excluding carboxylic acids is 2. The average Bonchev–Trinajstić information content (AvgIpc) is 3.97. The van der Waals surface area contributed by atoms with E-state index in [9.17, 15) is 19.0 Å². The zero-order valence-electron chi connectivity index (χ0n) is 39.8. The highest BCUT2D eigenvalue weighted by molar-refractivity contribution is 7.47. The molecule has 1 rings (SSSR count). The number of nitrogens with zero attached hydrogens (tertiary/aromatic N) is 1. The zero-order valence-corrected chi connectivity index (χ0v) is 40.7. The van der Waals surface area contributed by atoms with Gasteiger partial charge in [0.1, 0.15) is 19.8 Å². The van der Waals surface area contributed by atoms with Gasteiger partial charge in [0.05, 0.1) is 40.0 Å². The number of hydrogen-bond acceptors (Lipinski definition) is 8. The number of ether oxygens (including phenoxy) is 3. The molecule has 0 amide bonds. The molecule has 1 fully saturated rings. The Labute approximate surface area is 374 Å². The number of unbranched alkanes of at least 4 members (excludes halogenated alkanes) is 21. The van der Waals surface area contributed by atoms with Crippen molar-refractivity contribution in [1.82, 2.24) is 0 Å². The van der Waals surface area contributed by atoms with Gasteiger partial charge >= 0.3 is 19.8 Å². The van der Waals surface area contributed by atoms with E-state index >= 15 is 0 Å². The molecule has 1 aliphatic heterocycles. The minimum Gasteiger partial charge on any atom is -0.462 e. The van der Waals surface area contributed by atoms with Crippen LogP contribution in [0.4, 0.5) is 0 Å². The Morgan fingerprint density at radius 1 is 0.607 bits per heavy atom. The largest absolute Gasteiger partial charge is 0.472 e. The van der Waals surface area contributed by atoms with Gasteiger partial charge in [-0.05, 0) is 51.4 Å². The highest BCUT2D eigenvalue weighted by Gasteiger charge is 2.37. The van der Waals surface area contributed by atoms with Gasteiger partial charge in [0.25, 0.3) is 0 Å². The lowest BCUT2D eigenvalue weighted by atomic mass is 10.0. The van der Waals surface area contributed by atoms with Crippen molar-refractivity contribution in [2.24, 2.45) is 0 Å². The van der Waals surface area contributed by atoms with Gasteiger partial charge in [0.15, 0.2) is 6.10 Å². The molecule has 0 spiro atoms. The number of epoxide rings is 1. The van der Waals surface area contributed by atoms with Crippen LogP contribution in [-0.4, -0.2) is 87.1 Å².